The first kappa shape index (κ1) is 13.4. The molecular weight excluding hydrogens is 271 g/mol. The fraction of sp³-hybridized carbons (Fsp3) is 0.143. The normalized spacial score (nSPS) is 10.6. The lowest BCUT2D eigenvalue weighted by atomic mass is 10.2. The number of halogens is 2. The van der Waals surface area contributed by atoms with Gasteiger partial charge in [-0.05, 0) is 41.5 Å². The zero-order valence-corrected chi connectivity index (χ0v) is 11.1. The van der Waals surface area contributed by atoms with Crippen molar-refractivity contribution in [3.05, 3.63) is 64.4 Å². The molecule has 0 spiro atoms. The van der Waals surface area contributed by atoms with E-state index >= 15 is 0 Å². The Kier molecular flexibility index (Phi) is 4.64. The summed E-state index contributed by atoms with van der Waals surface area (Å²) in [6.07, 6.45) is 0. The molecule has 0 unspecified atom stereocenters. The van der Waals surface area contributed by atoms with Gasteiger partial charge in [0, 0.05) is 15.7 Å². The Morgan fingerprint density at radius 2 is 2.00 bits per heavy atom. The quantitative estimate of drug-likeness (QED) is 0.846. The second-order valence-corrected chi connectivity index (χ2v) is 5.29. The third-order valence-corrected chi connectivity index (χ3v) is 3.89. The molecule has 0 saturated carbocycles. The first-order valence-corrected chi connectivity index (χ1v) is 6.82. The van der Waals surface area contributed by atoms with Gasteiger partial charge in [0.25, 0.3) is 0 Å². The summed E-state index contributed by atoms with van der Waals surface area (Å²) < 4.78 is 13.1. The van der Waals surface area contributed by atoms with Gasteiger partial charge in [0.2, 0.25) is 0 Å². The van der Waals surface area contributed by atoms with Crippen LogP contribution in [-0.4, -0.2) is 5.11 Å². The number of hydrogen-bond donors (Lipinski definition) is 1. The van der Waals surface area contributed by atoms with Gasteiger partial charge >= 0.3 is 0 Å². The maximum Gasteiger partial charge on any atom is 0.123 e. The van der Waals surface area contributed by atoms with E-state index in [0.29, 0.717) is 10.8 Å². The average Bonchev–Trinajstić information content (AvgIpc) is 2.40. The Morgan fingerprint density at radius 1 is 1.17 bits per heavy atom. The summed E-state index contributed by atoms with van der Waals surface area (Å²) in [6.45, 7) is 0.0229. The van der Waals surface area contributed by atoms with Crippen LogP contribution in [-0.2, 0) is 12.4 Å². The molecule has 0 bridgehead atoms. The Bertz CT molecular complexity index is 545. The van der Waals surface area contributed by atoms with Crippen molar-refractivity contribution in [3.63, 3.8) is 0 Å². The molecule has 0 aliphatic rings. The zero-order chi connectivity index (χ0) is 13.0. The Balaban J connectivity index is 2.08. The molecule has 0 heterocycles. The topological polar surface area (TPSA) is 20.2 Å². The summed E-state index contributed by atoms with van der Waals surface area (Å²) in [4.78, 5) is 1.03. The zero-order valence-electron chi connectivity index (χ0n) is 9.57. The van der Waals surface area contributed by atoms with E-state index in [-0.39, 0.29) is 12.4 Å². The summed E-state index contributed by atoms with van der Waals surface area (Å²) in [5, 5.41) is 9.62. The van der Waals surface area contributed by atoms with E-state index in [2.05, 4.69) is 0 Å². The number of thioether (sulfide) groups is 1. The van der Waals surface area contributed by atoms with Crippen LogP contribution >= 0.6 is 23.4 Å². The van der Waals surface area contributed by atoms with E-state index in [4.69, 9.17) is 16.7 Å². The number of rotatable bonds is 4. The van der Waals surface area contributed by atoms with Crippen LogP contribution in [0.2, 0.25) is 5.02 Å². The Morgan fingerprint density at radius 3 is 2.78 bits per heavy atom. The summed E-state index contributed by atoms with van der Waals surface area (Å²) in [5.41, 5.74) is 1.64. The molecule has 4 heteroatoms. The maximum absolute atomic E-state index is 13.1. The van der Waals surface area contributed by atoms with Crippen LogP contribution in [0, 0.1) is 5.82 Å². The maximum atomic E-state index is 13.1. The molecule has 18 heavy (non-hydrogen) atoms. The molecule has 1 nitrogen and oxygen atoms in total. The largest absolute Gasteiger partial charge is 0.392 e. The van der Waals surface area contributed by atoms with E-state index in [1.807, 2.05) is 24.3 Å². The third kappa shape index (κ3) is 3.48. The van der Waals surface area contributed by atoms with Gasteiger partial charge in [-0.2, -0.15) is 0 Å². The minimum atomic E-state index is -0.279. The molecule has 0 radical (unpaired) electrons. The van der Waals surface area contributed by atoms with Crippen molar-refractivity contribution in [2.75, 3.05) is 0 Å². The van der Waals surface area contributed by atoms with E-state index in [9.17, 15) is 4.39 Å². The highest BCUT2D eigenvalue weighted by Crippen LogP contribution is 2.27. The van der Waals surface area contributed by atoms with Crippen LogP contribution in [0.1, 0.15) is 11.1 Å². The number of aliphatic hydroxyl groups excluding tert-OH is 1. The van der Waals surface area contributed by atoms with Gasteiger partial charge in [-0.25, -0.2) is 4.39 Å². The first-order chi connectivity index (χ1) is 8.69. The minimum absolute atomic E-state index is 0.0229. The first-order valence-electron chi connectivity index (χ1n) is 5.45. The monoisotopic (exact) mass is 282 g/mol. The standard InChI is InChI=1S/C14H12ClFOS/c15-14-5-4-12(16)7-11(14)9-18-13-3-1-2-10(6-13)8-17/h1-7,17H,8-9H2. The van der Waals surface area contributed by atoms with Gasteiger partial charge in [-0.15, -0.1) is 11.8 Å². The average molecular weight is 283 g/mol. The van der Waals surface area contributed by atoms with Crippen LogP contribution in [0.5, 0.6) is 0 Å². The molecule has 0 aliphatic heterocycles. The molecule has 2 aromatic rings. The molecule has 2 rings (SSSR count). The summed E-state index contributed by atoms with van der Waals surface area (Å²) in [5.74, 6) is 0.324. The molecule has 0 saturated heterocycles. The smallest absolute Gasteiger partial charge is 0.123 e. The van der Waals surface area contributed by atoms with Crippen molar-refractivity contribution in [3.8, 4) is 0 Å². The van der Waals surface area contributed by atoms with Crippen molar-refractivity contribution in [1.29, 1.82) is 0 Å². The van der Waals surface area contributed by atoms with Gasteiger partial charge in [0.15, 0.2) is 0 Å². The van der Waals surface area contributed by atoms with Gasteiger partial charge in [-0.1, -0.05) is 23.7 Å². The highest BCUT2D eigenvalue weighted by Gasteiger charge is 2.03. The van der Waals surface area contributed by atoms with Gasteiger partial charge in [-0.3, -0.25) is 0 Å². The second-order valence-electron chi connectivity index (χ2n) is 3.83. The third-order valence-electron chi connectivity index (χ3n) is 2.48. The predicted molar refractivity (Wildman–Crippen MR) is 73.3 cm³/mol. The summed E-state index contributed by atoms with van der Waals surface area (Å²) >= 11 is 7.56. The van der Waals surface area contributed by atoms with Gasteiger partial charge in [0.05, 0.1) is 6.61 Å². The lowest BCUT2D eigenvalue weighted by molar-refractivity contribution is 0.281. The van der Waals surface area contributed by atoms with Crippen molar-refractivity contribution in [1.82, 2.24) is 0 Å². The highest BCUT2D eigenvalue weighted by atomic mass is 35.5. The van der Waals surface area contributed by atoms with Gasteiger partial charge in [0.1, 0.15) is 5.82 Å². The van der Waals surface area contributed by atoms with Crippen LogP contribution in [0.15, 0.2) is 47.4 Å². The molecule has 0 fully saturated rings. The molecule has 1 N–H and O–H groups in total. The van der Waals surface area contributed by atoms with Crippen LogP contribution in [0.4, 0.5) is 4.39 Å². The van der Waals surface area contributed by atoms with E-state index in [0.717, 1.165) is 16.0 Å². The number of aliphatic hydroxyl groups is 1. The second kappa shape index (κ2) is 6.23. The SMILES string of the molecule is OCc1cccc(SCc2cc(F)ccc2Cl)c1. The molecule has 0 atom stereocenters. The molecule has 0 aliphatic carbocycles. The lowest BCUT2D eigenvalue weighted by Gasteiger charge is -2.05. The van der Waals surface area contributed by atoms with Crippen LogP contribution in [0.25, 0.3) is 0 Å². The fourth-order valence-corrected chi connectivity index (χ4v) is 2.78. The molecular formula is C14H12ClFOS. The fourth-order valence-electron chi connectivity index (χ4n) is 1.55. The minimum Gasteiger partial charge on any atom is -0.392 e. The summed E-state index contributed by atoms with van der Waals surface area (Å²) in [6, 6.07) is 12.0. The van der Waals surface area contributed by atoms with Gasteiger partial charge < -0.3 is 5.11 Å². The van der Waals surface area contributed by atoms with Crippen LogP contribution in [0.3, 0.4) is 0 Å². The van der Waals surface area contributed by atoms with E-state index < -0.39 is 0 Å². The Hall–Kier alpha value is -1.03. The molecule has 0 aromatic heterocycles. The lowest BCUT2D eigenvalue weighted by Crippen LogP contribution is -1.86. The Labute approximate surface area is 115 Å². The predicted octanol–water partition coefficient (Wildman–Crippen LogP) is 4.26. The van der Waals surface area contributed by atoms with Crippen molar-refractivity contribution < 1.29 is 9.50 Å². The molecule has 94 valence electrons. The molecule has 2 aromatic carbocycles. The highest BCUT2D eigenvalue weighted by molar-refractivity contribution is 7.98. The van der Waals surface area contributed by atoms with E-state index in [1.165, 1.54) is 12.1 Å². The van der Waals surface area contributed by atoms with Crippen LogP contribution < -0.4 is 0 Å². The van der Waals surface area contributed by atoms with E-state index in [1.54, 1.807) is 17.8 Å². The summed E-state index contributed by atoms with van der Waals surface area (Å²) in [7, 11) is 0. The van der Waals surface area contributed by atoms with Crippen molar-refractivity contribution in [2.45, 2.75) is 17.3 Å². The van der Waals surface area contributed by atoms with Crippen molar-refractivity contribution in [2.24, 2.45) is 0 Å². The number of benzene rings is 2. The van der Waals surface area contributed by atoms with Crippen molar-refractivity contribution >= 4 is 23.4 Å². The molecule has 0 amide bonds. The number of hydrogen-bond acceptors (Lipinski definition) is 2.